The van der Waals surface area contributed by atoms with Gasteiger partial charge in [-0.2, -0.15) is 5.10 Å². The number of rotatable bonds is 5. The molecule has 8 nitrogen and oxygen atoms in total. The zero-order valence-corrected chi connectivity index (χ0v) is 19.8. The zero-order chi connectivity index (χ0) is 23.3. The smallest absolute Gasteiger partial charge is 0.155 e. The van der Waals surface area contributed by atoms with Crippen molar-refractivity contribution in [1.29, 1.82) is 0 Å². The molecule has 0 unspecified atom stereocenters. The molecule has 2 saturated heterocycles. The molecule has 34 heavy (non-hydrogen) atoms. The zero-order valence-electron chi connectivity index (χ0n) is 19.8. The first-order valence-corrected chi connectivity index (χ1v) is 11.6. The van der Waals surface area contributed by atoms with Gasteiger partial charge in [0.1, 0.15) is 17.1 Å². The number of pyridine rings is 1. The first-order valence-electron chi connectivity index (χ1n) is 11.6. The van der Waals surface area contributed by atoms with Gasteiger partial charge in [0, 0.05) is 66.6 Å². The average molecular weight is 457 g/mol. The maximum Gasteiger partial charge on any atom is 0.155 e. The molecule has 0 radical (unpaired) electrons. The largest absolute Gasteiger partial charge is 0.496 e. The van der Waals surface area contributed by atoms with Crippen LogP contribution in [-0.4, -0.2) is 58.1 Å². The van der Waals surface area contributed by atoms with Crippen molar-refractivity contribution in [2.45, 2.75) is 19.8 Å². The van der Waals surface area contributed by atoms with Crippen LogP contribution in [-0.2, 0) is 18.2 Å². The number of aromatic nitrogens is 5. The van der Waals surface area contributed by atoms with Crippen LogP contribution in [0.3, 0.4) is 0 Å². The Kier molecular flexibility index (Phi) is 4.99. The Morgan fingerprint density at radius 2 is 2.03 bits per heavy atom. The van der Waals surface area contributed by atoms with E-state index in [1.165, 1.54) is 0 Å². The molecule has 4 aromatic rings. The summed E-state index contributed by atoms with van der Waals surface area (Å²) < 4.78 is 13.1. The van der Waals surface area contributed by atoms with E-state index in [1.54, 1.807) is 7.11 Å². The fourth-order valence-electron chi connectivity index (χ4n) is 5.05. The fraction of sp³-hybridized carbons (Fsp3) is 0.385. The van der Waals surface area contributed by atoms with E-state index in [-0.39, 0.29) is 0 Å². The molecule has 2 aliphatic rings. The lowest BCUT2D eigenvalue weighted by molar-refractivity contribution is -0.0985. The summed E-state index contributed by atoms with van der Waals surface area (Å²) in [7, 11) is 3.65. The van der Waals surface area contributed by atoms with E-state index < -0.39 is 0 Å². The van der Waals surface area contributed by atoms with Crippen molar-refractivity contribution in [2.75, 3.05) is 38.3 Å². The van der Waals surface area contributed by atoms with E-state index in [9.17, 15) is 0 Å². The van der Waals surface area contributed by atoms with Gasteiger partial charge in [-0.3, -0.25) is 4.68 Å². The number of ether oxygens (including phenoxy) is 2. The summed E-state index contributed by atoms with van der Waals surface area (Å²) in [6.45, 7) is 5.72. The van der Waals surface area contributed by atoms with Gasteiger partial charge in [-0.1, -0.05) is 12.1 Å². The molecular formula is C26H28N6O2. The van der Waals surface area contributed by atoms with Crippen molar-refractivity contribution >= 4 is 16.7 Å². The summed E-state index contributed by atoms with van der Waals surface area (Å²) in [5.41, 5.74) is 5.55. The minimum absolute atomic E-state index is 0.293. The van der Waals surface area contributed by atoms with Gasteiger partial charge in [-0.15, -0.1) is 0 Å². The number of fused-ring (bicyclic) bond motifs is 1. The summed E-state index contributed by atoms with van der Waals surface area (Å²) >= 11 is 0. The Morgan fingerprint density at radius 1 is 1.15 bits per heavy atom. The van der Waals surface area contributed by atoms with Gasteiger partial charge in [-0.25, -0.2) is 15.0 Å². The average Bonchev–Trinajstić information content (AvgIpc) is 3.43. The molecule has 0 aliphatic carbocycles. The minimum Gasteiger partial charge on any atom is -0.496 e. The van der Waals surface area contributed by atoms with E-state index in [4.69, 9.17) is 19.4 Å². The second kappa shape index (κ2) is 8.06. The van der Waals surface area contributed by atoms with Gasteiger partial charge < -0.3 is 14.4 Å². The lowest BCUT2D eigenvalue weighted by atomic mass is 9.85. The fourth-order valence-corrected chi connectivity index (χ4v) is 5.05. The molecule has 0 saturated carbocycles. The normalized spacial score (nSPS) is 16.9. The summed E-state index contributed by atoms with van der Waals surface area (Å²) in [5.74, 6) is 2.52. The number of nitrogens with zero attached hydrogens (tertiary/aromatic N) is 6. The first-order chi connectivity index (χ1) is 16.5. The highest BCUT2D eigenvalue weighted by atomic mass is 16.5. The maximum absolute atomic E-state index is 5.75. The molecule has 1 spiro atoms. The van der Waals surface area contributed by atoms with Crippen molar-refractivity contribution in [3.05, 3.63) is 59.9 Å². The summed E-state index contributed by atoms with van der Waals surface area (Å²) in [6.07, 6.45) is 7.37. The SMILES string of the molecule is COc1cc(-c2cnn(C)c2C)ccc1Cc1ncc2ccnc(N3CCC4(COC4)C3)c2n1. The molecule has 2 fully saturated rings. The molecule has 174 valence electrons. The van der Waals surface area contributed by atoms with Crippen molar-refractivity contribution in [2.24, 2.45) is 12.5 Å². The van der Waals surface area contributed by atoms with Crippen molar-refractivity contribution in [3.63, 3.8) is 0 Å². The molecular weight excluding hydrogens is 428 g/mol. The molecule has 8 heteroatoms. The van der Waals surface area contributed by atoms with E-state index >= 15 is 0 Å². The minimum atomic E-state index is 0.293. The van der Waals surface area contributed by atoms with Crippen molar-refractivity contribution in [3.8, 4) is 16.9 Å². The Hall–Kier alpha value is -3.52. The van der Waals surface area contributed by atoms with Crippen LogP contribution in [0, 0.1) is 12.3 Å². The van der Waals surface area contributed by atoms with Crippen LogP contribution in [0.25, 0.3) is 22.0 Å². The second-order valence-electron chi connectivity index (χ2n) is 9.49. The van der Waals surface area contributed by atoms with Crippen LogP contribution in [0.15, 0.2) is 42.9 Å². The van der Waals surface area contributed by atoms with Gasteiger partial charge in [0.15, 0.2) is 5.82 Å². The third kappa shape index (κ3) is 3.49. The Morgan fingerprint density at radius 3 is 2.74 bits per heavy atom. The van der Waals surface area contributed by atoms with Gasteiger partial charge in [0.2, 0.25) is 0 Å². The van der Waals surface area contributed by atoms with Crippen molar-refractivity contribution < 1.29 is 9.47 Å². The second-order valence-corrected chi connectivity index (χ2v) is 9.49. The van der Waals surface area contributed by atoms with Crippen LogP contribution in [0.5, 0.6) is 5.75 Å². The molecule has 6 rings (SSSR count). The molecule has 5 heterocycles. The predicted molar refractivity (Wildman–Crippen MR) is 130 cm³/mol. The van der Waals surface area contributed by atoms with Crippen LogP contribution in [0.1, 0.15) is 23.5 Å². The number of hydrogen-bond donors (Lipinski definition) is 0. The number of hydrogen-bond acceptors (Lipinski definition) is 7. The molecule has 0 amide bonds. The monoisotopic (exact) mass is 456 g/mol. The summed E-state index contributed by atoms with van der Waals surface area (Å²) in [5, 5.41) is 5.37. The lowest BCUT2D eigenvalue weighted by Crippen LogP contribution is -2.44. The number of methoxy groups -OCH3 is 1. The van der Waals surface area contributed by atoms with E-state index in [1.807, 2.05) is 36.4 Å². The highest BCUT2D eigenvalue weighted by molar-refractivity contribution is 5.88. The molecule has 0 bridgehead atoms. The van der Waals surface area contributed by atoms with Gasteiger partial charge in [-0.05, 0) is 31.0 Å². The van der Waals surface area contributed by atoms with Crippen LogP contribution >= 0.6 is 0 Å². The quantitative estimate of drug-likeness (QED) is 0.454. The molecule has 0 N–H and O–H groups in total. The molecule has 2 aliphatic heterocycles. The Labute approximate surface area is 198 Å². The van der Waals surface area contributed by atoms with Crippen LogP contribution in [0.2, 0.25) is 0 Å². The third-order valence-electron chi connectivity index (χ3n) is 7.27. The van der Waals surface area contributed by atoms with Gasteiger partial charge >= 0.3 is 0 Å². The highest BCUT2D eigenvalue weighted by Crippen LogP contribution is 2.40. The van der Waals surface area contributed by atoms with E-state index in [0.717, 1.165) is 83.4 Å². The molecule has 1 aromatic carbocycles. The predicted octanol–water partition coefficient (Wildman–Crippen LogP) is 3.56. The summed E-state index contributed by atoms with van der Waals surface area (Å²) in [4.78, 5) is 16.7. The topological polar surface area (TPSA) is 78.2 Å². The van der Waals surface area contributed by atoms with Gasteiger partial charge in [0.05, 0.1) is 26.5 Å². The highest BCUT2D eigenvalue weighted by Gasteiger charge is 2.45. The van der Waals surface area contributed by atoms with Gasteiger partial charge in [0.25, 0.3) is 0 Å². The standard InChI is InChI=1S/C26H28N6O2/c1-17-21(13-29-31(17)2)18-4-5-19(22(10-18)33-3)11-23-28-12-20-6-8-27-25(24(20)30-23)32-9-7-26(14-32)15-34-16-26/h4-6,8,10,12-13H,7,9,11,14-16H2,1-3H3. The lowest BCUT2D eigenvalue weighted by Gasteiger charge is -2.37. The van der Waals surface area contributed by atoms with Crippen LogP contribution < -0.4 is 9.64 Å². The third-order valence-corrected chi connectivity index (χ3v) is 7.27. The van der Waals surface area contributed by atoms with Crippen molar-refractivity contribution in [1.82, 2.24) is 24.7 Å². The Balaban J connectivity index is 1.31. The number of anilines is 1. The maximum atomic E-state index is 5.75. The number of benzene rings is 1. The van der Waals surface area contributed by atoms with Crippen LogP contribution in [0.4, 0.5) is 5.82 Å². The number of aryl methyl sites for hydroxylation is 1. The van der Waals surface area contributed by atoms with E-state index in [2.05, 4.69) is 40.1 Å². The molecule has 3 aromatic heterocycles. The van der Waals surface area contributed by atoms with E-state index in [0.29, 0.717) is 11.8 Å². The first kappa shape index (κ1) is 21.0. The summed E-state index contributed by atoms with van der Waals surface area (Å²) in [6, 6.07) is 8.25. The molecule has 0 atom stereocenters. The Bertz CT molecular complexity index is 1380.